The number of carbonyl (C=O) groups excluding carboxylic acids is 2. The Kier molecular flexibility index (Phi) is 6.93. The van der Waals surface area contributed by atoms with Gasteiger partial charge in [0, 0.05) is 21.1 Å². The summed E-state index contributed by atoms with van der Waals surface area (Å²) in [6, 6.07) is 10.8. The van der Waals surface area contributed by atoms with Crippen molar-refractivity contribution in [2.24, 2.45) is 0 Å². The highest BCUT2D eigenvalue weighted by atomic mass is 79.9. The summed E-state index contributed by atoms with van der Waals surface area (Å²) in [6.07, 6.45) is 1.68. The first-order chi connectivity index (χ1) is 13.8. The summed E-state index contributed by atoms with van der Waals surface area (Å²) in [5.74, 6) is 0.751. The number of rotatable bonds is 6. The highest BCUT2D eigenvalue weighted by Gasteiger charge is 2.36. The maximum absolute atomic E-state index is 12.5. The minimum absolute atomic E-state index is 0.188. The fourth-order valence-corrected chi connectivity index (χ4v) is 4.35. The molecule has 0 bridgehead atoms. The molecule has 1 heterocycles. The lowest BCUT2D eigenvalue weighted by Crippen LogP contribution is -2.34. The highest BCUT2D eigenvalue weighted by molar-refractivity contribution is 9.10. The van der Waals surface area contributed by atoms with Gasteiger partial charge in [-0.25, -0.2) is 0 Å². The molecule has 1 aliphatic rings. The van der Waals surface area contributed by atoms with Crippen molar-refractivity contribution in [2.45, 2.75) is 26.5 Å². The highest BCUT2D eigenvalue weighted by Crippen LogP contribution is 2.38. The summed E-state index contributed by atoms with van der Waals surface area (Å²) in [7, 11) is 1.54. The third kappa shape index (κ3) is 4.79. The van der Waals surface area contributed by atoms with Crippen LogP contribution in [0.2, 0.25) is 5.02 Å². The minimum Gasteiger partial charge on any atom is -0.493 e. The van der Waals surface area contributed by atoms with Crippen LogP contribution < -0.4 is 9.47 Å². The Labute approximate surface area is 187 Å². The van der Waals surface area contributed by atoms with Crippen LogP contribution in [0.3, 0.4) is 0 Å². The van der Waals surface area contributed by atoms with Crippen LogP contribution in [0.1, 0.15) is 25.0 Å². The number of thioether (sulfide) groups is 1. The van der Waals surface area contributed by atoms with E-state index in [-0.39, 0.29) is 23.8 Å². The van der Waals surface area contributed by atoms with Crippen LogP contribution in [0.4, 0.5) is 4.79 Å². The first-order valence-corrected chi connectivity index (χ1v) is 10.8. The van der Waals surface area contributed by atoms with Gasteiger partial charge in [0.25, 0.3) is 11.1 Å². The molecule has 3 rings (SSSR count). The zero-order chi connectivity index (χ0) is 21.1. The molecular formula is C21H19BrClNO4S. The van der Waals surface area contributed by atoms with Crippen LogP contribution >= 0.6 is 39.3 Å². The van der Waals surface area contributed by atoms with Gasteiger partial charge >= 0.3 is 0 Å². The molecule has 2 aromatic carbocycles. The average molecular weight is 497 g/mol. The van der Waals surface area contributed by atoms with Crippen molar-refractivity contribution in [3.8, 4) is 11.5 Å². The first-order valence-electron chi connectivity index (χ1n) is 8.82. The van der Waals surface area contributed by atoms with E-state index in [1.807, 2.05) is 32.0 Å². The summed E-state index contributed by atoms with van der Waals surface area (Å²) in [5.41, 5.74) is 1.57. The normalized spacial score (nSPS) is 15.5. The molecule has 0 radical (unpaired) electrons. The SMILES string of the molecule is COc1cc(C=C2SC(=O)N(C(C)C)C2=O)c(Br)cc1OCc1ccccc1Cl. The van der Waals surface area contributed by atoms with Crippen LogP contribution in [0.25, 0.3) is 6.08 Å². The van der Waals surface area contributed by atoms with E-state index in [1.165, 1.54) is 4.90 Å². The largest absolute Gasteiger partial charge is 0.493 e. The van der Waals surface area contributed by atoms with Crippen molar-refractivity contribution in [3.63, 3.8) is 0 Å². The van der Waals surface area contributed by atoms with Crippen molar-refractivity contribution in [1.82, 2.24) is 4.90 Å². The molecule has 0 N–H and O–H groups in total. The van der Waals surface area contributed by atoms with Crippen molar-refractivity contribution in [3.05, 3.63) is 61.9 Å². The molecule has 1 saturated heterocycles. The van der Waals surface area contributed by atoms with E-state index < -0.39 is 0 Å². The number of hydrogen-bond acceptors (Lipinski definition) is 5. The van der Waals surface area contributed by atoms with E-state index in [9.17, 15) is 9.59 Å². The second-order valence-corrected chi connectivity index (χ2v) is 8.80. The van der Waals surface area contributed by atoms with Gasteiger partial charge < -0.3 is 9.47 Å². The third-order valence-corrected chi connectivity index (χ3v) is 6.19. The number of hydrogen-bond donors (Lipinski definition) is 0. The predicted octanol–water partition coefficient (Wildman–Crippen LogP) is 6.13. The summed E-state index contributed by atoms with van der Waals surface area (Å²) >= 11 is 10.6. The standard InChI is InChI=1S/C21H19BrClNO4S/c1-12(2)24-20(25)19(29-21(24)26)9-14-8-17(27-3)18(10-15(14)22)28-11-13-6-4-5-7-16(13)23/h4-10,12H,11H2,1-3H3. The number of amides is 2. The Morgan fingerprint density at radius 1 is 1.21 bits per heavy atom. The van der Waals surface area contributed by atoms with E-state index >= 15 is 0 Å². The van der Waals surface area contributed by atoms with Gasteiger partial charge in [0.2, 0.25) is 0 Å². The number of imide groups is 1. The molecule has 1 fully saturated rings. The van der Waals surface area contributed by atoms with Gasteiger partial charge in [-0.15, -0.1) is 0 Å². The molecule has 1 aliphatic heterocycles. The summed E-state index contributed by atoms with van der Waals surface area (Å²) in [6.45, 7) is 3.90. The molecular weight excluding hydrogens is 478 g/mol. The predicted molar refractivity (Wildman–Crippen MR) is 119 cm³/mol. The minimum atomic E-state index is -0.292. The summed E-state index contributed by atoms with van der Waals surface area (Å²) in [4.78, 5) is 26.2. The van der Waals surface area contributed by atoms with Gasteiger partial charge in [-0.05, 0) is 55.4 Å². The molecule has 29 heavy (non-hydrogen) atoms. The fourth-order valence-electron chi connectivity index (χ4n) is 2.77. The Morgan fingerprint density at radius 2 is 1.93 bits per heavy atom. The Balaban J connectivity index is 1.86. The van der Waals surface area contributed by atoms with Crippen LogP contribution in [-0.2, 0) is 11.4 Å². The smallest absolute Gasteiger partial charge is 0.293 e. The summed E-state index contributed by atoms with van der Waals surface area (Å²) < 4.78 is 12.1. The van der Waals surface area contributed by atoms with Gasteiger partial charge in [0.15, 0.2) is 11.5 Å². The van der Waals surface area contributed by atoms with Crippen molar-refractivity contribution in [2.75, 3.05) is 7.11 Å². The third-order valence-electron chi connectivity index (χ3n) is 4.25. The molecule has 0 spiro atoms. The number of nitrogens with zero attached hydrogens (tertiary/aromatic N) is 1. The van der Waals surface area contributed by atoms with Crippen molar-refractivity contribution < 1.29 is 19.1 Å². The Bertz CT molecular complexity index is 993. The Morgan fingerprint density at radius 3 is 2.55 bits per heavy atom. The lowest BCUT2D eigenvalue weighted by Gasteiger charge is -2.16. The first kappa shape index (κ1) is 21.7. The molecule has 2 aromatic rings. The topological polar surface area (TPSA) is 55.8 Å². The van der Waals surface area contributed by atoms with Crippen LogP contribution in [0.5, 0.6) is 11.5 Å². The van der Waals surface area contributed by atoms with Crippen molar-refractivity contribution in [1.29, 1.82) is 0 Å². The maximum atomic E-state index is 12.5. The lowest BCUT2D eigenvalue weighted by molar-refractivity contribution is -0.123. The molecule has 2 amide bonds. The monoisotopic (exact) mass is 495 g/mol. The average Bonchev–Trinajstić information content (AvgIpc) is 2.96. The van der Waals surface area contributed by atoms with Crippen molar-refractivity contribution >= 4 is 56.5 Å². The number of benzene rings is 2. The van der Waals surface area contributed by atoms with Crippen LogP contribution in [-0.4, -0.2) is 29.2 Å². The van der Waals surface area contributed by atoms with E-state index in [1.54, 1.807) is 31.4 Å². The quantitative estimate of drug-likeness (QED) is 0.450. The maximum Gasteiger partial charge on any atom is 0.293 e. The second-order valence-electron chi connectivity index (χ2n) is 6.55. The molecule has 0 atom stereocenters. The lowest BCUT2D eigenvalue weighted by atomic mass is 10.1. The zero-order valence-corrected chi connectivity index (χ0v) is 19.2. The summed E-state index contributed by atoms with van der Waals surface area (Å²) in [5, 5.41) is 0.363. The molecule has 0 unspecified atom stereocenters. The zero-order valence-electron chi connectivity index (χ0n) is 16.1. The Hall–Kier alpha value is -1.96. The van der Waals surface area contributed by atoms with Gasteiger partial charge in [0.05, 0.1) is 12.0 Å². The van der Waals surface area contributed by atoms with E-state index in [4.69, 9.17) is 21.1 Å². The second kappa shape index (κ2) is 9.24. The fraction of sp³-hybridized carbons (Fsp3) is 0.238. The number of ether oxygens (including phenoxy) is 2. The van der Waals surface area contributed by atoms with E-state index in [0.717, 1.165) is 17.3 Å². The molecule has 5 nitrogen and oxygen atoms in total. The van der Waals surface area contributed by atoms with Gasteiger partial charge in [-0.1, -0.05) is 45.7 Å². The number of carbonyl (C=O) groups is 2. The molecule has 8 heteroatoms. The number of methoxy groups -OCH3 is 1. The van der Waals surface area contributed by atoms with Gasteiger partial charge in [-0.3, -0.25) is 14.5 Å². The van der Waals surface area contributed by atoms with Gasteiger partial charge in [0.1, 0.15) is 6.61 Å². The number of halogens is 2. The van der Waals surface area contributed by atoms with Crippen LogP contribution in [0.15, 0.2) is 45.8 Å². The molecule has 0 aliphatic carbocycles. The van der Waals surface area contributed by atoms with Crippen LogP contribution in [0, 0.1) is 0 Å². The molecule has 0 saturated carbocycles. The van der Waals surface area contributed by atoms with E-state index in [0.29, 0.717) is 31.5 Å². The van der Waals surface area contributed by atoms with E-state index in [2.05, 4.69) is 15.9 Å². The molecule has 0 aromatic heterocycles. The van der Waals surface area contributed by atoms with Gasteiger partial charge in [-0.2, -0.15) is 0 Å². The molecule has 152 valence electrons.